The van der Waals surface area contributed by atoms with Crippen LogP contribution in [0.25, 0.3) is 0 Å². The van der Waals surface area contributed by atoms with Gasteiger partial charge in [0.2, 0.25) is 0 Å². The number of benzene rings is 2. The molecule has 0 aliphatic carbocycles. The number of phenols is 2. The fourth-order valence-corrected chi connectivity index (χ4v) is 2.58. The number of phenolic OH excluding ortho intramolecular Hbond substituents is 2. The SMILES string of the molecule is Cc1cc(S(=O)c2ccc(O)cc2)ccc1O. The summed E-state index contributed by atoms with van der Waals surface area (Å²) in [6.07, 6.45) is 0. The lowest BCUT2D eigenvalue weighted by molar-refractivity contribution is 0.470. The average Bonchev–Trinajstić information content (AvgIpc) is 2.33. The highest BCUT2D eigenvalue weighted by molar-refractivity contribution is 7.85. The number of rotatable bonds is 2. The summed E-state index contributed by atoms with van der Waals surface area (Å²) in [5.74, 6) is 0.337. The first kappa shape index (κ1) is 11.7. The highest BCUT2D eigenvalue weighted by Crippen LogP contribution is 2.23. The largest absolute Gasteiger partial charge is 0.508 e. The van der Waals surface area contributed by atoms with Crippen molar-refractivity contribution in [1.29, 1.82) is 0 Å². The molecule has 2 aromatic rings. The zero-order valence-corrected chi connectivity index (χ0v) is 10.1. The maximum absolute atomic E-state index is 12.2. The van der Waals surface area contributed by atoms with Gasteiger partial charge in [0.15, 0.2) is 0 Å². The van der Waals surface area contributed by atoms with Crippen molar-refractivity contribution in [1.82, 2.24) is 0 Å². The van der Waals surface area contributed by atoms with Gasteiger partial charge in [-0.2, -0.15) is 0 Å². The van der Waals surface area contributed by atoms with Crippen molar-refractivity contribution in [2.24, 2.45) is 0 Å². The first-order valence-corrected chi connectivity index (χ1v) is 6.23. The molecule has 0 spiro atoms. The van der Waals surface area contributed by atoms with Gasteiger partial charge in [-0.1, -0.05) is 0 Å². The van der Waals surface area contributed by atoms with Gasteiger partial charge in [-0.05, 0) is 55.0 Å². The van der Waals surface area contributed by atoms with Crippen molar-refractivity contribution in [3.8, 4) is 11.5 Å². The van der Waals surface area contributed by atoms with Crippen LogP contribution in [0.3, 0.4) is 0 Å². The van der Waals surface area contributed by atoms with E-state index in [0.29, 0.717) is 15.4 Å². The lowest BCUT2D eigenvalue weighted by Crippen LogP contribution is -1.93. The molecule has 0 saturated heterocycles. The van der Waals surface area contributed by atoms with Gasteiger partial charge in [-0.25, -0.2) is 4.21 Å². The molecule has 88 valence electrons. The van der Waals surface area contributed by atoms with Crippen LogP contribution in [0.4, 0.5) is 0 Å². The molecule has 0 aliphatic rings. The summed E-state index contributed by atoms with van der Waals surface area (Å²) in [4.78, 5) is 1.25. The van der Waals surface area contributed by atoms with E-state index in [2.05, 4.69) is 0 Å². The van der Waals surface area contributed by atoms with Crippen molar-refractivity contribution in [2.75, 3.05) is 0 Å². The second-order valence-corrected chi connectivity index (χ2v) is 5.19. The van der Waals surface area contributed by atoms with Crippen molar-refractivity contribution in [2.45, 2.75) is 16.7 Å². The van der Waals surface area contributed by atoms with Crippen LogP contribution in [-0.4, -0.2) is 14.4 Å². The van der Waals surface area contributed by atoms with Gasteiger partial charge < -0.3 is 10.2 Å². The Morgan fingerprint density at radius 2 is 1.53 bits per heavy atom. The van der Waals surface area contributed by atoms with E-state index in [4.69, 9.17) is 5.11 Å². The summed E-state index contributed by atoms with van der Waals surface area (Å²) >= 11 is 0. The normalized spacial score (nSPS) is 12.3. The zero-order valence-electron chi connectivity index (χ0n) is 9.25. The first-order chi connectivity index (χ1) is 8.08. The van der Waals surface area contributed by atoms with Crippen LogP contribution in [0.1, 0.15) is 5.56 Å². The van der Waals surface area contributed by atoms with Crippen LogP contribution < -0.4 is 0 Å². The molecule has 4 heteroatoms. The monoisotopic (exact) mass is 248 g/mol. The summed E-state index contributed by atoms with van der Waals surface area (Å²) < 4.78 is 12.2. The van der Waals surface area contributed by atoms with Gasteiger partial charge in [0.05, 0.1) is 10.8 Å². The number of hydrogen-bond acceptors (Lipinski definition) is 3. The molecular weight excluding hydrogens is 236 g/mol. The Morgan fingerprint density at radius 3 is 2.12 bits per heavy atom. The topological polar surface area (TPSA) is 57.5 Å². The highest BCUT2D eigenvalue weighted by Gasteiger charge is 2.08. The Morgan fingerprint density at radius 1 is 0.941 bits per heavy atom. The molecule has 1 atom stereocenters. The van der Waals surface area contributed by atoms with E-state index >= 15 is 0 Å². The van der Waals surface area contributed by atoms with Crippen molar-refractivity contribution in [3.63, 3.8) is 0 Å². The van der Waals surface area contributed by atoms with Crippen LogP contribution in [0, 0.1) is 6.92 Å². The molecular formula is C13H12O3S. The molecule has 0 radical (unpaired) electrons. The molecule has 0 amide bonds. The van der Waals surface area contributed by atoms with Gasteiger partial charge in [-0.3, -0.25) is 0 Å². The summed E-state index contributed by atoms with van der Waals surface area (Å²) in [6.45, 7) is 1.76. The Bertz CT molecular complexity index is 561. The third kappa shape index (κ3) is 2.47. The summed E-state index contributed by atoms with van der Waals surface area (Å²) in [7, 11) is -1.30. The van der Waals surface area contributed by atoms with E-state index in [9.17, 15) is 9.32 Å². The molecule has 0 aromatic heterocycles. The molecule has 3 nitrogen and oxygen atoms in total. The van der Waals surface area contributed by atoms with Crippen molar-refractivity contribution in [3.05, 3.63) is 48.0 Å². The average molecular weight is 248 g/mol. The minimum Gasteiger partial charge on any atom is -0.508 e. The fourth-order valence-electron chi connectivity index (χ4n) is 1.45. The van der Waals surface area contributed by atoms with E-state index in [0.717, 1.165) is 0 Å². The minimum atomic E-state index is -1.30. The molecule has 1 unspecified atom stereocenters. The van der Waals surface area contributed by atoms with Crippen LogP contribution in [0.5, 0.6) is 11.5 Å². The first-order valence-electron chi connectivity index (χ1n) is 5.08. The standard InChI is InChI=1S/C13H12O3S/c1-9-8-12(6-7-13(9)15)17(16)11-4-2-10(14)3-5-11/h2-8,14-15H,1H3. The maximum atomic E-state index is 12.2. The molecule has 0 heterocycles. The zero-order chi connectivity index (χ0) is 12.4. The highest BCUT2D eigenvalue weighted by atomic mass is 32.2. The van der Waals surface area contributed by atoms with E-state index in [1.54, 1.807) is 31.2 Å². The molecule has 0 aliphatic heterocycles. The third-order valence-electron chi connectivity index (χ3n) is 2.43. The smallest absolute Gasteiger partial charge is 0.118 e. The Kier molecular flexibility index (Phi) is 3.15. The summed E-state index contributed by atoms with van der Waals surface area (Å²) in [5.41, 5.74) is 0.689. The molecule has 0 fully saturated rings. The minimum absolute atomic E-state index is 0.146. The van der Waals surface area contributed by atoms with Gasteiger partial charge in [0, 0.05) is 9.79 Å². The van der Waals surface area contributed by atoms with Gasteiger partial charge >= 0.3 is 0 Å². The summed E-state index contributed by atoms with van der Waals surface area (Å²) in [6, 6.07) is 11.1. The predicted molar refractivity (Wildman–Crippen MR) is 65.6 cm³/mol. The lowest BCUT2D eigenvalue weighted by atomic mass is 10.2. The van der Waals surface area contributed by atoms with E-state index in [1.165, 1.54) is 18.2 Å². The lowest BCUT2D eigenvalue weighted by Gasteiger charge is -2.05. The van der Waals surface area contributed by atoms with Crippen molar-refractivity contribution >= 4 is 10.8 Å². The van der Waals surface area contributed by atoms with E-state index < -0.39 is 10.8 Å². The number of aromatic hydroxyl groups is 2. The molecule has 17 heavy (non-hydrogen) atoms. The van der Waals surface area contributed by atoms with Crippen LogP contribution in [-0.2, 0) is 10.8 Å². The molecule has 2 aromatic carbocycles. The second-order valence-electron chi connectivity index (χ2n) is 3.71. The predicted octanol–water partition coefficient (Wildman–Crippen LogP) is 2.57. The van der Waals surface area contributed by atoms with Gasteiger partial charge in [0.25, 0.3) is 0 Å². The van der Waals surface area contributed by atoms with Crippen LogP contribution in [0.2, 0.25) is 0 Å². The van der Waals surface area contributed by atoms with Gasteiger partial charge in [-0.15, -0.1) is 0 Å². The number of aryl methyl sites for hydroxylation is 1. The fraction of sp³-hybridized carbons (Fsp3) is 0.0769. The molecule has 2 rings (SSSR count). The summed E-state index contributed by atoms with van der Waals surface area (Å²) in [5, 5.41) is 18.6. The van der Waals surface area contributed by atoms with Crippen LogP contribution in [0.15, 0.2) is 52.3 Å². The van der Waals surface area contributed by atoms with E-state index in [1.807, 2.05) is 0 Å². The number of hydrogen-bond donors (Lipinski definition) is 2. The molecule has 0 saturated carbocycles. The van der Waals surface area contributed by atoms with Gasteiger partial charge in [0.1, 0.15) is 11.5 Å². The Labute approximate surface area is 102 Å². The maximum Gasteiger partial charge on any atom is 0.118 e. The Balaban J connectivity index is 2.37. The molecule has 0 bridgehead atoms. The molecule has 2 N–H and O–H groups in total. The van der Waals surface area contributed by atoms with Crippen molar-refractivity contribution < 1.29 is 14.4 Å². The van der Waals surface area contributed by atoms with Crippen LogP contribution >= 0.6 is 0 Å². The Hall–Kier alpha value is -1.81. The third-order valence-corrected chi connectivity index (χ3v) is 3.82. The van der Waals surface area contributed by atoms with E-state index in [-0.39, 0.29) is 11.5 Å². The second kappa shape index (κ2) is 4.59. The quantitative estimate of drug-likeness (QED) is 0.858.